The van der Waals surface area contributed by atoms with Crippen LogP contribution >= 0.6 is 31.9 Å². The molecular formula is C17H17Br2N. The molecule has 0 unspecified atom stereocenters. The fourth-order valence-corrected chi connectivity index (χ4v) is 3.67. The van der Waals surface area contributed by atoms with Gasteiger partial charge in [-0.3, -0.25) is 0 Å². The van der Waals surface area contributed by atoms with E-state index < -0.39 is 0 Å². The van der Waals surface area contributed by atoms with Crippen LogP contribution in [0.1, 0.15) is 29.9 Å². The second-order valence-corrected chi connectivity index (χ2v) is 7.36. The lowest BCUT2D eigenvalue weighted by Crippen LogP contribution is -2.34. The Hall–Kier alpha value is -0.800. The molecule has 1 saturated carbocycles. The molecule has 20 heavy (non-hydrogen) atoms. The molecule has 1 N–H and O–H groups in total. The van der Waals surface area contributed by atoms with Gasteiger partial charge in [0.25, 0.3) is 0 Å². The molecule has 0 amide bonds. The molecule has 2 aromatic carbocycles. The second-order valence-electron chi connectivity index (χ2n) is 5.52. The zero-order chi connectivity index (χ0) is 14.1. The number of anilines is 1. The second kappa shape index (κ2) is 5.90. The van der Waals surface area contributed by atoms with Gasteiger partial charge in [0.1, 0.15) is 0 Å². The van der Waals surface area contributed by atoms with E-state index in [1.54, 1.807) is 0 Å². The van der Waals surface area contributed by atoms with Crippen LogP contribution < -0.4 is 5.32 Å². The highest BCUT2D eigenvalue weighted by molar-refractivity contribution is 9.10. The predicted octanol–water partition coefficient (Wildman–Crippen LogP) is 5.88. The number of aryl methyl sites for hydroxylation is 1. The fraction of sp³-hybridized carbons (Fsp3) is 0.294. The van der Waals surface area contributed by atoms with Crippen LogP contribution in [-0.2, 0) is 0 Å². The maximum atomic E-state index is 3.66. The summed E-state index contributed by atoms with van der Waals surface area (Å²) in [6.07, 6.45) is 2.43. The van der Waals surface area contributed by atoms with Crippen LogP contribution in [0.4, 0.5) is 5.69 Å². The standard InChI is InChI=1S/C17H17Br2N/c1-11-7-15(19)5-6-17(11)20-16-9-13(10-16)12-3-2-4-14(18)8-12/h2-8,13,16,20H,9-10H2,1H3. The van der Waals surface area contributed by atoms with Gasteiger partial charge in [0.15, 0.2) is 0 Å². The van der Waals surface area contributed by atoms with Crippen molar-refractivity contribution in [1.82, 2.24) is 0 Å². The SMILES string of the molecule is Cc1cc(Br)ccc1NC1CC(c2cccc(Br)c2)C1. The van der Waals surface area contributed by atoms with Gasteiger partial charge in [-0.25, -0.2) is 0 Å². The van der Waals surface area contributed by atoms with E-state index in [9.17, 15) is 0 Å². The summed E-state index contributed by atoms with van der Waals surface area (Å²) in [6, 6.07) is 15.7. The minimum atomic E-state index is 0.596. The van der Waals surface area contributed by atoms with Crippen LogP contribution in [0, 0.1) is 6.92 Å². The monoisotopic (exact) mass is 393 g/mol. The summed E-state index contributed by atoms with van der Waals surface area (Å²) < 4.78 is 2.32. The Morgan fingerprint density at radius 2 is 1.75 bits per heavy atom. The van der Waals surface area contributed by atoms with E-state index in [0.29, 0.717) is 12.0 Å². The molecule has 0 atom stereocenters. The van der Waals surface area contributed by atoms with Gasteiger partial charge in [-0.2, -0.15) is 0 Å². The van der Waals surface area contributed by atoms with Crippen LogP contribution in [-0.4, -0.2) is 6.04 Å². The smallest absolute Gasteiger partial charge is 0.0372 e. The Balaban J connectivity index is 1.61. The van der Waals surface area contributed by atoms with Crippen LogP contribution in [0.5, 0.6) is 0 Å². The Morgan fingerprint density at radius 3 is 2.45 bits per heavy atom. The number of hydrogen-bond acceptors (Lipinski definition) is 1. The van der Waals surface area contributed by atoms with E-state index in [2.05, 4.69) is 86.6 Å². The van der Waals surface area contributed by atoms with Crippen LogP contribution in [0.2, 0.25) is 0 Å². The van der Waals surface area contributed by atoms with Gasteiger partial charge < -0.3 is 5.32 Å². The molecule has 3 heteroatoms. The molecule has 1 nitrogen and oxygen atoms in total. The Kier molecular flexibility index (Phi) is 4.18. The predicted molar refractivity (Wildman–Crippen MR) is 92.4 cm³/mol. The summed E-state index contributed by atoms with van der Waals surface area (Å²) in [7, 11) is 0. The first-order chi connectivity index (χ1) is 9.61. The maximum Gasteiger partial charge on any atom is 0.0372 e. The molecular weight excluding hydrogens is 378 g/mol. The zero-order valence-electron chi connectivity index (χ0n) is 11.4. The lowest BCUT2D eigenvalue weighted by atomic mass is 9.76. The molecule has 0 saturated heterocycles. The summed E-state index contributed by atoms with van der Waals surface area (Å²) >= 11 is 7.06. The van der Waals surface area contributed by atoms with Crippen molar-refractivity contribution in [2.24, 2.45) is 0 Å². The highest BCUT2D eigenvalue weighted by Crippen LogP contribution is 2.39. The van der Waals surface area contributed by atoms with Gasteiger partial charge in [-0.1, -0.05) is 44.0 Å². The van der Waals surface area contributed by atoms with Crippen molar-refractivity contribution in [3.8, 4) is 0 Å². The number of nitrogens with one attached hydrogen (secondary N) is 1. The maximum absolute atomic E-state index is 3.66. The van der Waals surface area contributed by atoms with E-state index in [4.69, 9.17) is 0 Å². The van der Waals surface area contributed by atoms with Crippen LogP contribution in [0.3, 0.4) is 0 Å². The molecule has 0 heterocycles. The normalized spacial score (nSPS) is 21.4. The minimum Gasteiger partial charge on any atom is -0.382 e. The first-order valence-corrected chi connectivity index (χ1v) is 8.48. The molecule has 1 fully saturated rings. The highest BCUT2D eigenvalue weighted by atomic mass is 79.9. The fourth-order valence-electron chi connectivity index (χ4n) is 2.78. The van der Waals surface area contributed by atoms with Gasteiger partial charge in [-0.05, 0) is 67.1 Å². The summed E-state index contributed by atoms with van der Waals surface area (Å²) in [5.41, 5.74) is 4.00. The average Bonchev–Trinajstić information content (AvgIpc) is 2.35. The Labute approximate surface area is 137 Å². The van der Waals surface area contributed by atoms with Crippen LogP contribution in [0.25, 0.3) is 0 Å². The van der Waals surface area contributed by atoms with Gasteiger partial charge in [0.2, 0.25) is 0 Å². The van der Waals surface area contributed by atoms with E-state index in [1.807, 2.05) is 0 Å². The van der Waals surface area contributed by atoms with Crippen LogP contribution in [0.15, 0.2) is 51.4 Å². The van der Waals surface area contributed by atoms with Crippen molar-refractivity contribution in [2.75, 3.05) is 5.32 Å². The van der Waals surface area contributed by atoms with Gasteiger partial charge in [0.05, 0.1) is 0 Å². The van der Waals surface area contributed by atoms with Crippen molar-refractivity contribution in [2.45, 2.75) is 31.7 Å². The molecule has 0 radical (unpaired) electrons. The average molecular weight is 395 g/mol. The molecule has 0 aliphatic heterocycles. The van der Waals surface area contributed by atoms with Crippen molar-refractivity contribution in [1.29, 1.82) is 0 Å². The Bertz CT molecular complexity index is 618. The summed E-state index contributed by atoms with van der Waals surface area (Å²) in [5.74, 6) is 0.695. The quantitative estimate of drug-likeness (QED) is 0.685. The molecule has 0 bridgehead atoms. The first-order valence-electron chi connectivity index (χ1n) is 6.90. The molecule has 2 aromatic rings. The third-order valence-electron chi connectivity index (χ3n) is 4.01. The molecule has 0 spiro atoms. The van der Waals surface area contributed by atoms with Gasteiger partial charge >= 0.3 is 0 Å². The van der Waals surface area contributed by atoms with Gasteiger partial charge in [0, 0.05) is 20.7 Å². The lowest BCUT2D eigenvalue weighted by Gasteiger charge is -2.37. The minimum absolute atomic E-state index is 0.596. The van der Waals surface area contributed by atoms with Crippen molar-refractivity contribution in [3.63, 3.8) is 0 Å². The van der Waals surface area contributed by atoms with Gasteiger partial charge in [-0.15, -0.1) is 0 Å². The summed E-state index contributed by atoms with van der Waals surface area (Å²) in [6.45, 7) is 2.15. The molecule has 1 aliphatic carbocycles. The van der Waals surface area contributed by atoms with E-state index >= 15 is 0 Å². The number of benzene rings is 2. The van der Waals surface area contributed by atoms with Crippen molar-refractivity contribution in [3.05, 3.63) is 62.5 Å². The largest absolute Gasteiger partial charge is 0.382 e. The van der Waals surface area contributed by atoms with Crippen molar-refractivity contribution < 1.29 is 0 Å². The van der Waals surface area contributed by atoms with E-state index in [-0.39, 0.29) is 0 Å². The number of rotatable bonds is 3. The molecule has 104 valence electrons. The zero-order valence-corrected chi connectivity index (χ0v) is 14.5. The third kappa shape index (κ3) is 3.09. The third-order valence-corrected chi connectivity index (χ3v) is 4.99. The summed E-state index contributed by atoms with van der Waals surface area (Å²) in [4.78, 5) is 0. The van der Waals surface area contributed by atoms with E-state index in [0.717, 1.165) is 4.47 Å². The molecule has 3 rings (SSSR count). The highest BCUT2D eigenvalue weighted by Gasteiger charge is 2.30. The molecule has 0 aromatic heterocycles. The number of hydrogen-bond donors (Lipinski definition) is 1. The van der Waals surface area contributed by atoms with E-state index in [1.165, 1.54) is 34.1 Å². The summed E-state index contributed by atoms with van der Waals surface area (Å²) in [5, 5.41) is 3.66. The van der Waals surface area contributed by atoms with Crippen molar-refractivity contribution >= 4 is 37.5 Å². The Morgan fingerprint density at radius 1 is 1.00 bits per heavy atom. The topological polar surface area (TPSA) is 12.0 Å². The number of halogens is 2. The first kappa shape index (κ1) is 14.2. The molecule has 1 aliphatic rings. The lowest BCUT2D eigenvalue weighted by molar-refractivity contribution is 0.374.